The van der Waals surface area contributed by atoms with Gasteiger partial charge in [-0.2, -0.15) is 0 Å². The minimum Gasteiger partial charge on any atom is -0.450 e. The van der Waals surface area contributed by atoms with E-state index in [1.807, 2.05) is 11.8 Å². The molecule has 146 valence electrons. The van der Waals surface area contributed by atoms with Crippen molar-refractivity contribution in [3.05, 3.63) is 0 Å². The van der Waals surface area contributed by atoms with Gasteiger partial charge in [0.15, 0.2) is 0 Å². The fraction of sp³-hybridized carbons (Fsp3) is 0.900. The zero-order valence-electron chi connectivity index (χ0n) is 16.3. The molecule has 1 unspecified atom stereocenters. The molecule has 3 heterocycles. The van der Waals surface area contributed by atoms with E-state index >= 15 is 0 Å². The molecular formula is C20H33N3O3. The van der Waals surface area contributed by atoms with Crippen molar-refractivity contribution >= 4 is 12.0 Å². The lowest BCUT2D eigenvalue weighted by atomic mass is 9.64. The molecule has 4 rings (SSSR count). The van der Waals surface area contributed by atoms with Crippen molar-refractivity contribution < 1.29 is 14.3 Å². The zero-order chi connectivity index (χ0) is 18.3. The first-order chi connectivity index (χ1) is 12.5. The molecule has 4 aliphatic rings. The molecule has 0 radical (unpaired) electrons. The van der Waals surface area contributed by atoms with Gasteiger partial charge in [-0.05, 0) is 50.9 Å². The fourth-order valence-corrected chi connectivity index (χ4v) is 5.71. The maximum Gasteiger partial charge on any atom is 0.409 e. The maximum atomic E-state index is 12.0. The summed E-state index contributed by atoms with van der Waals surface area (Å²) < 4.78 is 5.15. The highest BCUT2D eigenvalue weighted by molar-refractivity contribution is 5.83. The summed E-state index contributed by atoms with van der Waals surface area (Å²) in [6.07, 6.45) is 7.52. The van der Waals surface area contributed by atoms with E-state index in [9.17, 15) is 9.59 Å². The Kier molecular flexibility index (Phi) is 4.88. The van der Waals surface area contributed by atoms with Gasteiger partial charge in [0.25, 0.3) is 0 Å². The summed E-state index contributed by atoms with van der Waals surface area (Å²) in [5.41, 5.74) is 0.342. The highest BCUT2D eigenvalue weighted by Crippen LogP contribution is 2.50. The van der Waals surface area contributed by atoms with Gasteiger partial charge in [0.2, 0.25) is 5.91 Å². The molecule has 0 N–H and O–H groups in total. The van der Waals surface area contributed by atoms with Crippen LogP contribution in [0.5, 0.6) is 0 Å². The number of nitrogens with zero attached hydrogens (tertiary/aromatic N) is 3. The number of carbonyl (C=O) groups excluding carboxylic acids is 2. The minimum absolute atomic E-state index is 0.140. The summed E-state index contributed by atoms with van der Waals surface area (Å²) in [6.45, 7) is 8.47. The van der Waals surface area contributed by atoms with Gasteiger partial charge < -0.3 is 19.4 Å². The summed E-state index contributed by atoms with van der Waals surface area (Å²) >= 11 is 0. The van der Waals surface area contributed by atoms with Crippen LogP contribution in [0.2, 0.25) is 0 Å². The Bertz CT molecular complexity index is 553. The van der Waals surface area contributed by atoms with Gasteiger partial charge in [-0.1, -0.05) is 6.92 Å². The van der Waals surface area contributed by atoms with Crippen molar-refractivity contribution in [1.82, 2.24) is 14.7 Å². The number of hydrogen-bond acceptors (Lipinski definition) is 4. The van der Waals surface area contributed by atoms with Crippen LogP contribution in [0.1, 0.15) is 58.8 Å². The van der Waals surface area contributed by atoms with Crippen LogP contribution in [0.15, 0.2) is 0 Å². The average Bonchev–Trinajstić information content (AvgIpc) is 3.05. The molecular weight excluding hydrogens is 330 g/mol. The normalized spacial score (nSPS) is 35.5. The Labute approximate surface area is 156 Å². The first-order valence-electron chi connectivity index (χ1n) is 10.5. The van der Waals surface area contributed by atoms with E-state index < -0.39 is 0 Å². The molecule has 0 aromatic heterocycles. The number of β-lactam (4-membered cyclic amide) rings is 1. The minimum atomic E-state index is -0.140. The van der Waals surface area contributed by atoms with Crippen LogP contribution >= 0.6 is 0 Å². The predicted octanol–water partition coefficient (Wildman–Crippen LogP) is 2.47. The molecule has 1 saturated carbocycles. The van der Waals surface area contributed by atoms with Crippen molar-refractivity contribution in [3.63, 3.8) is 0 Å². The predicted molar refractivity (Wildman–Crippen MR) is 98.8 cm³/mol. The number of carbonyl (C=O) groups is 2. The number of likely N-dealkylation sites (tertiary alicyclic amines) is 3. The molecule has 1 aliphatic carbocycles. The number of piperidine rings is 1. The summed E-state index contributed by atoms with van der Waals surface area (Å²) in [6, 6.07) is 1.64. The van der Waals surface area contributed by atoms with Crippen molar-refractivity contribution in [3.8, 4) is 0 Å². The highest BCUT2D eigenvalue weighted by Gasteiger charge is 2.52. The third-order valence-corrected chi connectivity index (χ3v) is 7.27. The van der Waals surface area contributed by atoms with Crippen LogP contribution in [-0.2, 0) is 9.53 Å². The van der Waals surface area contributed by atoms with E-state index in [0.717, 1.165) is 58.3 Å². The Balaban J connectivity index is 1.23. The van der Waals surface area contributed by atoms with Crippen molar-refractivity contribution in [2.75, 3.05) is 32.8 Å². The van der Waals surface area contributed by atoms with Crippen LogP contribution in [0.4, 0.5) is 4.79 Å². The molecule has 4 fully saturated rings. The molecule has 6 heteroatoms. The molecule has 3 aliphatic heterocycles. The highest BCUT2D eigenvalue weighted by atomic mass is 16.6. The lowest BCUT2D eigenvalue weighted by molar-refractivity contribution is -0.152. The topological polar surface area (TPSA) is 53.1 Å². The quantitative estimate of drug-likeness (QED) is 0.720. The lowest BCUT2D eigenvalue weighted by Gasteiger charge is -2.53. The molecule has 3 saturated heterocycles. The van der Waals surface area contributed by atoms with Gasteiger partial charge in [-0.3, -0.25) is 4.79 Å². The summed E-state index contributed by atoms with van der Waals surface area (Å²) in [7, 11) is 0. The SMILES string of the molecule is CCOC(=O)N1CCC2(CC(N3CCC(N4C(=O)CC4CC)CC3)C2)C1. The van der Waals surface area contributed by atoms with Gasteiger partial charge in [-0.25, -0.2) is 4.79 Å². The van der Waals surface area contributed by atoms with Crippen LogP contribution in [0.25, 0.3) is 0 Å². The Morgan fingerprint density at radius 3 is 2.50 bits per heavy atom. The third-order valence-electron chi connectivity index (χ3n) is 7.27. The number of hydrogen-bond donors (Lipinski definition) is 0. The Hall–Kier alpha value is -1.30. The van der Waals surface area contributed by atoms with E-state index in [1.54, 1.807) is 0 Å². The molecule has 0 aromatic carbocycles. The van der Waals surface area contributed by atoms with E-state index in [-0.39, 0.29) is 6.09 Å². The summed E-state index contributed by atoms with van der Waals surface area (Å²) in [5, 5.41) is 0. The largest absolute Gasteiger partial charge is 0.450 e. The third kappa shape index (κ3) is 3.10. The Morgan fingerprint density at radius 2 is 1.88 bits per heavy atom. The van der Waals surface area contributed by atoms with Crippen LogP contribution < -0.4 is 0 Å². The second-order valence-electron chi connectivity index (χ2n) is 8.77. The molecule has 1 spiro atoms. The van der Waals surface area contributed by atoms with Crippen molar-refractivity contribution in [2.24, 2.45) is 5.41 Å². The van der Waals surface area contributed by atoms with Gasteiger partial charge in [0, 0.05) is 50.7 Å². The molecule has 6 nitrogen and oxygen atoms in total. The summed E-state index contributed by atoms with van der Waals surface area (Å²) in [4.78, 5) is 30.6. The van der Waals surface area contributed by atoms with Crippen LogP contribution in [0.3, 0.4) is 0 Å². The number of ether oxygens (including phenoxy) is 1. The second-order valence-corrected chi connectivity index (χ2v) is 8.77. The fourth-order valence-electron chi connectivity index (χ4n) is 5.71. The first-order valence-corrected chi connectivity index (χ1v) is 10.5. The monoisotopic (exact) mass is 363 g/mol. The number of rotatable bonds is 4. The molecule has 0 aromatic rings. The average molecular weight is 364 g/mol. The van der Waals surface area contributed by atoms with Crippen LogP contribution in [-0.4, -0.2) is 77.6 Å². The van der Waals surface area contributed by atoms with Gasteiger partial charge in [0.1, 0.15) is 0 Å². The van der Waals surface area contributed by atoms with E-state index in [2.05, 4.69) is 16.7 Å². The Morgan fingerprint density at radius 1 is 1.15 bits per heavy atom. The maximum absolute atomic E-state index is 12.0. The molecule has 1 atom stereocenters. The number of amides is 2. The van der Waals surface area contributed by atoms with Crippen LogP contribution in [0, 0.1) is 5.41 Å². The smallest absolute Gasteiger partial charge is 0.409 e. The van der Waals surface area contributed by atoms with Gasteiger partial charge >= 0.3 is 6.09 Å². The van der Waals surface area contributed by atoms with Gasteiger partial charge in [0.05, 0.1) is 6.61 Å². The molecule has 26 heavy (non-hydrogen) atoms. The van der Waals surface area contributed by atoms with Gasteiger partial charge in [-0.15, -0.1) is 0 Å². The lowest BCUT2D eigenvalue weighted by Crippen LogP contribution is -2.61. The van der Waals surface area contributed by atoms with Crippen molar-refractivity contribution in [1.29, 1.82) is 0 Å². The summed E-state index contributed by atoms with van der Waals surface area (Å²) in [5.74, 6) is 0.364. The second kappa shape index (κ2) is 7.02. The first kappa shape index (κ1) is 18.1. The zero-order valence-corrected chi connectivity index (χ0v) is 16.3. The van der Waals surface area contributed by atoms with Crippen molar-refractivity contribution in [2.45, 2.75) is 76.9 Å². The van der Waals surface area contributed by atoms with E-state index in [0.29, 0.717) is 36.1 Å². The standard InChI is InChI=1S/C20H33N3O3/c1-3-15-11-18(24)23(15)16-5-8-21(9-6-16)17-12-20(13-17)7-10-22(14-20)19(25)26-4-2/h15-17H,3-14H2,1-2H3. The molecule has 0 bridgehead atoms. The van der Waals surface area contributed by atoms with E-state index in [1.165, 1.54) is 12.8 Å². The molecule has 2 amide bonds. The van der Waals surface area contributed by atoms with E-state index in [4.69, 9.17) is 4.74 Å².